The van der Waals surface area contributed by atoms with Gasteiger partial charge in [0.1, 0.15) is 11.6 Å². The molecule has 100 valence electrons. The lowest BCUT2D eigenvalue weighted by Gasteiger charge is -2.20. The smallest absolute Gasteiger partial charge is 0.128 e. The summed E-state index contributed by atoms with van der Waals surface area (Å²) in [5.41, 5.74) is 0.857. The molecule has 2 rings (SSSR count). The van der Waals surface area contributed by atoms with E-state index in [9.17, 15) is 8.78 Å². The van der Waals surface area contributed by atoms with E-state index in [-0.39, 0.29) is 17.7 Å². The summed E-state index contributed by atoms with van der Waals surface area (Å²) < 4.78 is 27.6. The van der Waals surface area contributed by atoms with Gasteiger partial charge in [-0.2, -0.15) is 0 Å². The van der Waals surface area contributed by atoms with Gasteiger partial charge in [-0.05, 0) is 55.8 Å². The van der Waals surface area contributed by atoms with Crippen molar-refractivity contribution in [3.05, 3.63) is 34.9 Å². The molecule has 3 atom stereocenters. The highest BCUT2D eigenvalue weighted by molar-refractivity contribution is 5.29. The maximum Gasteiger partial charge on any atom is 0.128 e. The number of aryl methyl sites for hydroxylation is 1. The van der Waals surface area contributed by atoms with Crippen molar-refractivity contribution in [1.82, 2.24) is 5.32 Å². The van der Waals surface area contributed by atoms with Crippen LogP contribution in [-0.2, 0) is 0 Å². The summed E-state index contributed by atoms with van der Waals surface area (Å²) in [4.78, 5) is 0. The molecule has 0 bridgehead atoms. The standard InChI is InChI=1S/C15H21F2N/c1-4-5-18-15(11-6-9(11)2)12-8-13(16)10(3)7-14(12)17/h7-9,11,15,18H,4-6H2,1-3H3. The lowest BCUT2D eigenvalue weighted by atomic mass is 9.98. The van der Waals surface area contributed by atoms with Crippen molar-refractivity contribution in [3.63, 3.8) is 0 Å². The zero-order valence-electron chi connectivity index (χ0n) is 11.3. The van der Waals surface area contributed by atoms with E-state index in [1.807, 2.05) is 0 Å². The zero-order chi connectivity index (χ0) is 13.3. The minimum Gasteiger partial charge on any atom is -0.310 e. The van der Waals surface area contributed by atoms with Gasteiger partial charge in [-0.25, -0.2) is 8.78 Å². The molecule has 18 heavy (non-hydrogen) atoms. The van der Waals surface area contributed by atoms with Crippen LogP contribution in [-0.4, -0.2) is 6.54 Å². The summed E-state index contributed by atoms with van der Waals surface area (Å²) in [5.74, 6) is 0.431. The van der Waals surface area contributed by atoms with Gasteiger partial charge in [-0.1, -0.05) is 13.8 Å². The third kappa shape index (κ3) is 2.72. The molecular formula is C15H21F2N. The van der Waals surface area contributed by atoms with Crippen molar-refractivity contribution in [2.75, 3.05) is 6.54 Å². The van der Waals surface area contributed by atoms with Crippen LogP contribution in [0.1, 0.15) is 43.9 Å². The molecular weight excluding hydrogens is 232 g/mol. The molecule has 0 heterocycles. The van der Waals surface area contributed by atoms with Crippen LogP contribution in [0.25, 0.3) is 0 Å². The summed E-state index contributed by atoms with van der Waals surface area (Å²) in [6.07, 6.45) is 2.09. The predicted octanol–water partition coefficient (Wildman–Crippen LogP) is 3.97. The molecule has 0 aromatic heterocycles. The Morgan fingerprint density at radius 2 is 2.00 bits per heavy atom. The van der Waals surface area contributed by atoms with E-state index in [1.54, 1.807) is 6.92 Å². The molecule has 3 heteroatoms. The molecule has 0 radical (unpaired) electrons. The van der Waals surface area contributed by atoms with E-state index in [2.05, 4.69) is 19.2 Å². The van der Waals surface area contributed by atoms with Crippen molar-refractivity contribution < 1.29 is 8.78 Å². The molecule has 1 nitrogen and oxygen atoms in total. The number of halogens is 2. The Balaban J connectivity index is 2.27. The molecule has 1 fully saturated rings. The van der Waals surface area contributed by atoms with Crippen molar-refractivity contribution in [3.8, 4) is 0 Å². The topological polar surface area (TPSA) is 12.0 Å². The van der Waals surface area contributed by atoms with Crippen LogP contribution in [0, 0.1) is 30.4 Å². The second kappa shape index (κ2) is 5.35. The van der Waals surface area contributed by atoms with Crippen LogP contribution in [0.15, 0.2) is 12.1 Å². The average Bonchev–Trinajstić information content (AvgIpc) is 3.03. The fraction of sp³-hybridized carbons (Fsp3) is 0.600. The fourth-order valence-corrected chi connectivity index (χ4v) is 2.51. The summed E-state index contributed by atoms with van der Waals surface area (Å²) in [5, 5.41) is 3.36. The number of hydrogen-bond donors (Lipinski definition) is 1. The van der Waals surface area contributed by atoms with E-state index in [4.69, 9.17) is 0 Å². The monoisotopic (exact) mass is 253 g/mol. The van der Waals surface area contributed by atoms with Gasteiger partial charge in [0, 0.05) is 11.6 Å². The molecule has 1 saturated carbocycles. The molecule has 1 aromatic rings. The third-order valence-electron chi connectivity index (χ3n) is 3.83. The quantitative estimate of drug-likeness (QED) is 0.837. The minimum atomic E-state index is -0.317. The van der Waals surface area contributed by atoms with Gasteiger partial charge < -0.3 is 5.32 Å². The Kier molecular flexibility index (Phi) is 4.00. The lowest BCUT2D eigenvalue weighted by molar-refractivity contribution is 0.438. The van der Waals surface area contributed by atoms with Gasteiger partial charge in [0.05, 0.1) is 0 Å². The molecule has 1 aromatic carbocycles. The predicted molar refractivity (Wildman–Crippen MR) is 69.4 cm³/mol. The second-order valence-corrected chi connectivity index (χ2v) is 5.43. The summed E-state index contributed by atoms with van der Waals surface area (Å²) in [7, 11) is 0. The average molecular weight is 253 g/mol. The maximum atomic E-state index is 14.0. The Bertz CT molecular complexity index is 431. The van der Waals surface area contributed by atoms with Gasteiger partial charge in [0.15, 0.2) is 0 Å². The molecule has 1 N–H and O–H groups in total. The molecule has 1 aliphatic rings. The zero-order valence-corrected chi connectivity index (χ0v) is 11.3. The maximum absolute atomic E-state index is 14.0. The Labute approximate surface area is 108 Å². The van der Waals surface area contributed by atoms with Crippen LogP contribution < -0.4 is 5.32 Å². The minimum absolute atomic E-state index is 0.0463. The van der Waals surface area contributed by atoms with Crippen LogP contribution in [0.2, 0.25) is 0 Å². The van der Waals surface area contributed by atoms with E-state index >= 15 is 0 Å². The molecule has 0 saturated heterocycles. The number of rotatable bonds is 5. The molecule has 0 amide bonds. The van der Waals surface area contributed by atoms with E-state index in [0.717, 1.165) is 19.4 Å². The number of hydrogen-bond acceptors (Lipinski definition) is 1. The lowest BCUT2D eigenvalue weighted by Crippen LogP contribution is -2.25. The van der Waals surface area contributed by atoms with Gasteiger partial charge in [0.25, 0.3) is 0 Å². The van der Waals surface area contributed by atoms with Crippen LogP contribution in [0.4, 0.5) is 8.78 Å². The second-order valence-electron chi connectivity index (χ2n) is 5.43. The van der Waals surface area contributed by atoms with Crippen molar-refractivity contribution in [2.24, 2.45) is 11.8 Å². The first-order valence-corrected chi connectivity index (χ1v) is 6.73. The summed E-state index contributed by atoms with van der Waals surface area (Å²) >= 11 is 0. The molecule has 0 aliphatic heterocycles. The number of benzene rings is 1. The van der Waals surface area contributed by atoms with Gasteiger partial charge in [0.2, 0.25) is 0 Å². The van der Waals surface area contributed by atoms with E-state index in [1.165, 1.54) is 12.1 Å². The van der Waals surface area contributed by atoms with Gasteiger partial charge in [-0.15, -0.1) is 0 Å². The van der Waals surface area contributed by atoms with Crippen LogP contribution in [0.5, 0.6) is 0 Å². The van der Waals surface area contributed by atoms with E-state index < -0.39 is 0 Å². The molecule has 3 unspecified atom stereocenters. The van der Waals surface area contributed by atoms with Crippen molar-refractivity contribution >= 4 is 0 Å². The third-order valence-corrected chi connectivity index (χ3v) is 3.83. The Hall–Kier alpha value is -0.960. The van der Waals surface area contributed by atoms with Gasteiger partial charge in [-0.3, -0.25) is 0 Å². The van der Waals surface area contributed by atoms with E-state index in [0.29, 0.717) is 23.0 Å². The summed E-state index contributed by atoms with van der Waals surface area (Å²) in [6.45, 7) is 6.67. The Morgan fingerprint density at radius 3 is 2.56 bits per heavy atom. The van der Waals surface area contributed by atoms with Gasteiger partial charge >= 0.3 is 0 Å². The SMILES string of the molecule is CCCNC(c1cc(F)c(C)cc1F)C1CC1C. The first kappa shape index (κ1) is 13.5. The fourth-order valence-electron chi connectivity index (χ4n) is 2.51. The first-order valence-electron chi connectivity index (χ1n) is 6.73. The Morgan fingerprint density at radius 1 is 1.33 bits per heavy atom. The van der Waals surface area contributed by atoms with Crippen LogP contribution in [0.3, 0.4) is 0 Å². The molecule has 1 aliphatic carbocycles. The molecule has 0 spiro atoms. The highest BCUT2D eigenvalue weighted by Crippen LogP contribution is 2.47. The summed E-state index contributed by atoms with van der Waals surface area (Å²) in [6, 6.07) is 2.62. The highest BCUT2D eigenvalue weighted by atomic mass is 19.1. The largest absolute Gasteiger partial charge is 0.310 e. The first-order chi connectivity index (χ1) is 8.54. The highest BCUT2D eigenvalue weighted by Gasteiger charge is 2.41. The van der Waals surface area contributed by atoms with Crippen molar-refractivity contribution in [1.29, 1.82) is 0 Å². The van der Waals surface area contributed by atoms with Crippen LogP contribution >= 0.6 is 0 Å². The van der Waals surface area contributed by atoms with Crippen molar-refractivity contribution in [2.45, 2.75) is 39.7 Å². The normalized spacial score (nSPS) is 24.1. The number of nitrogens with one attached hydrogen (secondary N) is 1.